The van der Waals surface area contributed by atoms with E-state index in [0.717, 1.165) is 12.3 Å². The van der Waals surface area contributed by atoms with Gasteiger partial charge in [0.1, 0.15) is 5.75 Å². The third kappa shape index (κ3) is 4.03. The number of aromatic amines is 1. The third-order valence-corrected chi connectivity index (χ3v) is 4.49. The molecule has 0 amide bonds. The molecule has 0 unspecified atom stereocenters. The number of nitrogens with zero attached hydrogens (tertiary/aromatic N) is 2. The maximum atomic E-state index is 13.6. The number of ether oxygens (including phenoxy) is 1. The molecule has 0 saturated carbocycles. The lowest BCUT2D eigenvalue weighted by molar-refractivity contribution is -0.153. The first kappa shape index (κ1) is 20.3. The number of alkyl halides is 6. The minimum atomic E-state index is -4.71. The molecule has 1 aromatic carbocycles. The van der Waals surface area contributed by atoms with Crippen molar-refractivity contribution in [2.45, 2.75) is 24.4 Å². The van der Waals surface area contributed by atoms with Crippen molar-refractivity contribution in [3.8, 4) is 17.0 Å². The number of fused-ring (bicyclic) bond motifs is 1. The van der Waals surface area contributed by atoms with Crippen molar-refractivity contribution in [2.75, 3.05) is 12.9 Å². The van der Waals surface area contributed by atoms with Crippen molar-refractivity contribution in [3.05, 3.63) is 35.5 Å². The Balaban J connectivity index is 2.23. The lowest BCUT2D eigenvalue weighted by Gasteiger charge is -2.17. The number of aromatic nitrogens is 3. The maximum Gasteiger partial charge on any atom is 0.422 e. The van der Waals surface area contributed by atoms with Gasteiger partial charge in [0.2, 0.25) is 0 Å². The molecule has 0 radical (unpaired) electrons. The van der Waals surface area contributed by atoms with Gasteiger partial charge in [-0.15, -0.1) is 0 Å². The topological polar surface area (TPSA) is 50.8 Å². The number of thioether (sulfide) groups is 1. The summed E-state index contributed by atoms with van der Waals surface area (Å²) in [5.74, 6) is -0.201. The van der Waals surface area contributed by atoms with Crippen LogP contribution in [-0.4, -0.2) is 34.0 Å². The van der Waals surface area contributed by atoms with Crippen LogP contribution in [0.5, 0.6) is 5.75 Å². The van der Waals surface area contributed by atoms with Gasteiger partial charge in [0.25, 0.3) is 0 Å². The number of benzene rings is 1. The van der Waals surface area contributed by atoms with E-state index in [1.165, 1.54) is 30.8 Å². The number of rotatable bonds is 4. The van der Waals surface area contributed by atoms with Crippen LogP contribution in [0.1, 0.15) is 11.1 Å². The predicted molar refractivity (Wildman–Crippen MR) is 92.4 cm³/mol. The Bertz CT molecular complexity index is 1010. The molecule has 2 aromatic heterocycles. The van der Waals surface area contributed by atoms with Crippen LogP contribution in [0, 0.1) is 6.92 Å². The van der Waals surface area contributed by atoms with E-state index in [1.807, 2.05) is 0 Å². The number of pyridine rings is 1. The highest BCUT2D eigenvalue weighted by Gasteiger charge is 2.36. The number of hydrogen-bond acceptors (Lipinski definition) is 4. The highest BCUT2D eigenvalue weighted by Crippen LogP contribution is 2.42. The van der Waals surface area contributed by atoms with Crippen molar-refractivity contribution >= 4 is 22.8 Å². The average molecular weight is 421 g/mol. The molecule has 0 bridgehead atoms. The number of halogens is 6. The van der Waals surface area contributed by atoms with E-state index < -0.39 is 24.5 Å². The zero-order valence-corrected chi connectivity index (χ0v) is 15.3. The molecule has 11 heteroatoms. The highest BCUT2D eigenvalue weighted by atomic mass is 32.2. The van der Waals surface area contributed by atoms with Gasteiger partial charge in [-0.3, -0.25) is 4.98 Å². The molecule has 0 saturated heterocycles. The summed E-state index contributed by atoms with van der Waals surface area (Å²) in [6.45, 7) is -0.207. The summed E-state index contributed by atoms with van der Waals surface area (Å²) in [7, 11) is 0. The van der Waals surface area contributed by atoms with Crippen LogP contribution in [-0.2, 0) is 6.18 Å². The summed E-state index contributed by atoms with van der Waals surface area (Å²) in [5.41, 5.74) is -0.993. The molecule has 28 heavy (non-hydrogen) atoms. The van der Waals surface area contributed by atoms with Crippen LogP contribution < -0.4 is 4.74 Å². The Morgan fingerprint density at radius 1 is 1.11 bits per heavy atom. The lowest BCUT2D eigenvalue weighted by Crippen LogP contribution is -2.19. The molecule has 0 aliphatic heterocycles. The van der Waals surface area contributed by atoms with Crippen LogP contribution in [0.4, 0.5) is 26.3 Å². The molecule has 0 spiro atoms. The Morgan fingerprint density at radius 3 is 2.43 bits per heavy atom. The third-order valence-electron chi connectivity index (χ3n) is 3.91. The minimum Gasteiger partial charge on any atom is -0.484 e. The van der Waals surface area contributed by atoms with E-state index in [0.29, 0.717) is 10.7 Å². The van der Waals surface area contributed by atoms with Crippen LogP contribution in [0.25, 0.3) is 22.3 Å². The van der Waals surface area contributed by atoms with Crippen molar-refractivity contribution in [3.63, 3.8) is 0 Å². The lowest BCUT2D eigenvalue weighted by atomic mass is 9.98. The van der Waals surface area contributed by atoms with Gasteiger partial charge >= 0.3 is 12.4 Å². The highest BCUT2D eigenvalue weighted by molar-refractivity contribution is 7.98. The maximum absolute atomic E-state index is 13.6. The zero-order valence-electron chi connectivity index (χ0n) is 14.5. The molecule has 2 heterocycles. The predicted octanol–water partition coefficient (Wildman–Crippen LogP) is 5.62. The average Bonchev–Trinajstić information content (AvgIpc) is 3.02. The van der Waals surface area contributed by atoms with Gasteiger partial charge in [-0.25, -0.2) is 4.98 Å². The van der Waals surface area contributed by atoms with Gasteiger partial charge < -0.3 is 9.72 Å². The van der Waals surface area contributed by atoms with Gasteiger partial charge in [-0.2, -0.15) is 26.3 Å². The largest absolute Gasteiger partial charge is 0.484 e. The monoisotopic (exact) mass is 421 g/mol. The van der Waals surface area contributed by atoms with Crippen LogP contribution in [0.2, 0.25) is 0 Å². The Hall–Kier alpha value is -2.43. The smallest absolute Gasteiger partial charge is 0.422 e. The summed E-state index contributed by atoms with van der Waals surface area (Å²) >= 11 is 1.21. The van der Waals surface area contributed by atoms with Gasteiger partial charge in [0, 0.05) is 17.3 Å². The van der Waals surface area contributed by atoms with Crippen molar-refractivity contribution in [1.82, 2.24) is 15.0 Å². The van der Waals surface area contributed by atoms with E-state index in [-0.39, 0.29) is 28.1 Å². The molecule has 3 rings (SSSR count). The first-order chi connectivity index (χ1) is 13.0. The second kappa shape index (κ2) is 7.19. The fourth-order valence-electron chi connectivity index (χ4n) is 2.71. The zero-order chi connectivity index (χ0) is 20.7. The molecule has 0 fully saturated rings. The molecular formula is C17H13F6N3OS. The Morgan fingerprint density at radius 2 is 1.82 bits per heavy atom. The SMILES string of the molecule is CSc1nc2c(-c3nccc(OCC(F)(F)F)c3C)c(C(F)(F)F)ccc2[nH]1. The molecular weight excluding hydrogens is 408 g/mol. The first-order valence-corrected chi connectivity index (χ1v) is 9.03. The molecule has 0 aliphatic rings. The first-order valence-electron chi connectivity index (χ1n) is 7.80. The van der Waals surface area contributed by atoms with E-state index in [9.17, 15) is 26.3 Å². The summed E-state index contributed by atoms with van der Waals surface area (Å²) in [6.07, 6.45) is -6.48. The number of hydrogen-bond donors (Lipinski definition) is 1. The van der Waals surface area contributed by atoms with Gasteiger partial charge in [-0.1, -0.05) is 11.8 Å². The number of H-pyrrole nitrogens is 1. The van der Waals surface area contributed by atoms with Crippen molar-refractivity contribution < 1.29 is 31.1 Å². The van der Waals surface area contributed by atoms with E-state index in [1.54, 1.807) is 6.26 Å². The van der Waals surface area contributed by atoms with Gasteiger partial charge in [0.15, 0.2) is 11.8 Å². The second-order valence-electron chi connectivity index (χ2n) is 5.81. The van der Waals surface area contributed by atoms with Gasteiger partial charge in [-0.05, 0) is 31.4 Å². The van der Waals surface area contributed by atoms with Crippen LogP contribution in [0.15, 0.2) is 29.6 Å². The number of imidazole rings is 1. The van der Waals surface area contributed by atoms with Crippen molar-refractivity contribution in [2.24, 2.45) is 0 Å². The van der Waals surface area contributed by atoms with E-state index in [2.05, 4.69) is 15.0 Å². The van der Waals surface area contributed by atoms with E-state index >= 15 is 0 Å². The van der Waals surface area contributed by atoms with Gasteiger partial charge in [0.05, 0.1) is 22.3 Å². The van der Waals surface area contributed by atoms with Crippen LogP contribution >= 0.6 is 11.8 Å². The molecule has 0 aliphatic carbocycles. The normalized spacial score (nSPS) is 12.6. The fourth-order valence-corrected chi connectivity index (χ4v) is 3.11. The molecule has 4 nitrogen and oxygen atoms in total. The fraction of sp³-hybridized carbons (Fsp3) is 0.294. The van der Waals surface area contributed by atoms with Crippen LogP contribution in [0.3, 0.4) is 0 Å². The standard InChI is InChI=1S/C17H13F6N3OS/c1-8-11(27-7-16(18,19)20)5-6-24-13(8)12-9(17(21,22)23)3-4-10-14(12)26-15(25-10)28-2/h3-6H,7H2,1-2H3,(H,25,26). The minimum absolute atomic E-state index is 0.0303. The molecule has 3 aromatic rings. The Labute approximate surface area is 159 Å². The van der Waals surface area contributed by atoms with E-state index in [4.69, 9.17) is 4.74 Å². The van der Waals surface area contributed by atoms with Crippen molar-refractivity contribution in [1.29, 1.82) is 0 Å². The Kier molecular flexibility index (Phi) is 5.22. The summed E-state index contributed by atoms with van der Waals surface area (Å²) < 4.78 is 83.0. The molecule has 150 valence electrons. The quantitative estimate of drug-likeness (QED) is 0.439. The summed E-state index contributed by atoms with van der Waals surface area (Å²) in [6, 6.07) is 3.33. The molecule has 1 N–H and O–H groups in total. The summed E-state index contributed by atoms with van der Waals surface area (Å²) in [5, 5.41) is 0.401. The summed E-state index contributed by atoms with van der Waals surface area (Å²) in [4.78, 5) is 11.1. The molecule has 0 atom stereocenters. The second-order valence-corrected chi connectivity index (χ2v) is 6.61. The number of nitrogens with one attached hydrogen (secondary N) is 1.